The highest BCUT2D eigenvalue weighted by atomic mass is 79.9. The number of hydrogen-bond acceptors (Lipinski definition) is 4. The molecule has 7 heteroatoms. The summed E-state index contributed by atoms with van der Waals surface area (Å²) in [6.45, 7) is 8.84. The molecular formula is C30H37BrF2N2O2. The number of pyridine rings is 2. The van der Waals surface area contributed by atoms with Crippen molar-refractivity contribution in [2.45, 2.75) is 90.3 Å². The topological polar surface area (TPSA) is 66.2 Å². The molecule has 4 rings (SSSR count). The first kappa shape index (κ1) is 30.9. The lowest BCUT2D eigenvalue weighted by atomic mass is 9.71. The lowest BCUT2D eigenvalue weighted by Gasteiger charge is -2.37. The van der Waals surface area contributed by atoms with E-state index in [1.54, 1.807) is 24.3 Å². The maximum absolute atomic E-state index is 13.3. The normalized spacial score (nSPS) is 20.3. The predicted octanol–water partition coefficient (Wildman–Crippen LogP) is 6.84. The van der Waals surface area contributed by atoms with Gasteiger partial charge in [-0.3, -0.25) is 0 Å². The van der Waals surface area contributed by atoms with Gasteiger partial charge in [0.05, 0.1) is 10.0 Å². The fraction of sp³-hybridized carbons (Fsp3) is 0.533. The average Bonchev–Trinajstić information content (AvgIpc) is 2.86. The summed E-state index contributed by atoms with van der Waals surface area (Å²) in [6, 6.07) is 6.47. The number of nitrogens with zero attached hydrogens (tertiary/aromatic N) is 2. The van der Waals surface area contributed by atoms with Gasteiger partial charge in [-0.05, 0) is 102 Å². The van der Waals surface area contributed by atoms with Crippen molar-refractivity contribution in [1.29, 1.82) is 0 Å². The van der Waals surface area contributed by atoms with E-state index >= 15 is 0 Å². The molecule has 2 saturated carbocycles. The van der Waals surface area contributed by atoms with Gasteiger partial charge in [-0.2, -0.15) is 8.78 Å². The van der Waals surface area contributed by atoms with Gasteiger partial charge in [0, 0.05) is 12.4 Å². The fourth-order valence-corrected chi connectivity index (χ4v) is 4.23. The molecule has 2 aromatic heterocycles. The monoisotopic (exact) mass is 574 g/mol. The van der Waals surface area contributed by atoms with Gasteiger partial charge >= 0.3 is 0 Å². The van der Waals surface area contributed by atoms with Crippen molar-refractivity contribution in [2.24, 2.45) is 10.8 Å². The maximum atomic E-state index is 13.3. The van der Waals surface area contributed by atoms with Crippen LogP contribution in [-0.2, 0) is 0 Å². The van der Waals surface area contributed by atoms with E-state index in [1.165, 1.54) is 12.4 Å². The van der Waals surface area contributed by atoms with E-state index in [-0.39, 0.29) is 11.0 Å². The molecule has 0 spiro atoms. The number of hydrogen-bond donors (Lipinski definition) is 2. The van der Waals surface area contributed by atoms with Crippen molar-refractivity contribution in [3.63, 3.8) is 0 Å². The molecule has 2 fully saturated rings. The lowest BCUT2D eigenvalue weighted by Crippen LogP contribution is -2.35. The van der Waals surface area contributed by atoms with Crippen LogP contribution in [0.15, 0.2) is 41.1 Å². The zero-order valence-electron chi connectivity index (χ0n) is 22.1. The highest BCUT2D eigenvalue weighted by molar-refractivity contribution is 9.10. The van der Waals surface area contributed by atoms with E-state index in [1.807, 2.05) is 0 Å². The Labute approximate surface area is 228 Å². The van der Waals surface area contributed by atoms with E-state index in [0.29, 0.717) is 22.7 Å². The van der Waals surface area contributed by atoms with Crippen molar-refractivity contribution in [3.05, 3.63) is 58.6 Å². The SMILES string of the molecule is C#CC1(O)CCC(C)(C)CC1.CC1(C)CCC(O)(C#Cc2cccnc2F)CC1.Fc1ncccc1Br. The van der Waals surface area contributed by atoms with E-state index in [4.69, 9.17) is 6.42 Å². The van der Waals surface area contributed by atoms with E-state index in [2.05, 4.69) is 71.4 Å². The lowest BCUT2D eigenvalue weighted by molar-refractivity contribution is 0.0230. The van der Waals surface area contributed by atoms with Crippen LogP contribution in [0.4, 0.5) is 8.78 Å². The molecule has 0 aliphatic heterocycles. The fourth-order valence-electron chi connectivity index (χ4n) is 3.98. The maximum Gasteiger partial charge on any atom is 0.228 e. The molecule has 2 N–H and O–H groups in total. The first-order chi connectivity index (χ1) is 17.2. The first-order valence-corrected chi connectivity index (χ1v) is 13.3. The molecule has 0 saturated heterocycles. The predicted molar refractivity (Wildman–Crippen MR) is 146 cm³/mol. The Balaban J connectivity index is 0.000000215. The molecule has 0 aromatic carbocycles. The Morgan fingerprint density at radius 2 is 1.24 bits per heavy atom. The highest BCUT2D eigenvalue weighted by Crippen LogP contribution is 2.40. The van der Waals surface area contributed by atoms with Crippen LogP contribution < -0.4 is 0 Å². The van der Waals surface area contributed by atoms with Crippen LogP contribution in [0.3, 0.4) is 0 Å². The van der Waals surface area contributed by atoms with Crippen LogP contribution in [0.5, 0.6) is 0 Å². The summed E-state index contributed by atoms with van der Waals surface area (Å²) >= 11 is 2.96. The van der Waals surface area contributed by atoms with Crippen molar-refractivity contribution >= 4 is 15.9 Å². The van der Waals surface area contributed by atoms with Gasteiger partial charge in [0.15, 0.2) is 0 Å². The summed E-state index contributed by atoms with van der Waals surface area (Å²) in [6.07, 6.45) is 14.8. The second kappa shape index (κ2) is 13.0. The second-order valence-electron chi connectivity index (χ2n) is 11.4. The molecule has 0 atom stereocenters. The number of aromatic nitrogens is 2. The Kier molecular flexibility index (Phi) is 10.8. The molecule has 0 radical (unpaired) electrons. The van der Waals surface area contributed by atoms with Crippen LogP contribution in [-0.4, -0.2) is 31.4 Å². The third-order valence-corrected chi connectivity index (χ3v) is 7.62. The molecule has 0 unspecified atom stereocenters. The Morgan fingerprint density at radius 3 is 1.65 bits per heavy atom. The summed E-state index contributed by atoms with van der Waals surface area (Å²) in [5, 5.41) is 20.0. The van der Waals surface area contributed by atoms with Gasteiger partial charge in [0.2, 0.25) is 11.9 Å². The van der Waals surface area contributed by atoms with Crippen LogP contribution in [0, 0.1) is 46.9 Å². The first-order valence-electron chi connectivity index (χ1n) is 12.5. The Hall–Kier alpha value is -2.32. The minimum Gasteiger partial charge on any atom is -0.378 e. The van der Waals surface area contributed by atoms with Crippen LogP contribution in [0.2, 0.25) is 0 Å². The molecule has 0 bridgehead atoms. The number of rotatable bonds is 0. The van der Waals surface area contributed by atoms with Crippen LogP contribution >= 0.6 is 15.9 Å². The summed E-state index contributed by atoms with van der Waals surface area (Å²) in [5.74, 6) is 6.96. The number of aliphatic hydroxyl groups is 2. The van der Waals surface area contributed by atoms with E-state index in [9.17, 15) is 19.0 Å². The van der Waals surface area contributed by atoms with Crippen molar-refractivity contribution < 1.29 is 19.0 Å². The Bertz CT molecular complexity index is 1110. The number of terminal acetylenes is 1. The summed E-state index contributed by atoms with van der Waals surface area (Å²) in [4.78, 5) is 6.90. The molecule has 2 aliphatic rings. The molecule has 4 nitrogen and oxygen atoms in total. The third-order valence-electron chi connectivity index (χ3n) is 7.03. The smallest absolute Gasteiger partial charge is 0.228 e. The van der Waals surface area contributed by atoms with Gasteiger partial charge in [0.1, 0.15) is 11.2 Å². The van der Waals surface area contributed by atoms with Gasteiger partial charge in [-0.25, -0.2) is 9.97 Å². The zero-order chi connectivity index (χ0) is 27.7. The van der Waals surface area contributed by atoms with Gasteiger partial charge in [-0.15, -0.1) is 6.42 Å². The van der Waals surface area contributed by atoms with E-state index in [0.717, 1.165) is 38.5 Å². The van der Waals surface area contributed by atoms with Crippen LogP contribution in [0.25, 0.3) is 0 Å². The van der Waals surface area contributed by atoms with Crippen molar-refractivity contribution in [2.75, 3.05) is 0 Å². The number of halogens is 3. The minimum absolute atomic E-state index is 0.246. The molecule has 37 heavy (non-hydrogen) atoms. The molecule has 0 amide bonds. The average molecular weight is 576 g/mol. The molecule has 2 aliphatic carbocycles. The largest absolute Gasteiger partial charge is 0.378 e. The van der Waals surface area contributed by atoms with Gasteiger partial charge in [0.25, 0.3) is 0 Å². The zero-order valence-corrected chi connectivity index (χ0v) is 23.7. The standard InChI is InChI=1S/C15H18FNO.C10H16O.C5H3BrFN/c1-14(2)7-9-15(18,10-8-14)6-5-12-4-3-11-17-13(12)16;1-4-10(11)7-5-9(2,3)6-8-10;6-4-2-1-3-8-5(4)7/h3-4,11,18H,7-10H2,1-2H3;1,11H,5-8H2,2-3H3;1-3H. The highest BCUT2D eigenvalue weighted by Gasteiger charge is 2.36. The van der Waals surface area contributed by atoms with Crippen molar-refractivity contribution in [1.82, 2.24) is 9.97 Å². The molecule has 2 heterocycles. The third kappa shape index (κ3) is 10.5. The molecule has 2 aromatic rings. The summed E-state index contributed by atoms with van der Waals surface area (Å²) in [7, 11) is 0. The quantitative estimate of drug-likeness (QED) is 0.267. The van der Waals surface area contributed by atoms with Gasteiger partial charge < -0.3 is 10.2 Å². The van der Waals surface area contributed by atoms with Crippen molar-refractivity contribution in [3.8, 4) is 24.2 Å². The summed E-state index contributed by atoms with van der Waals surface area (Å²) in [5.41, 5.74) is -0.875. The van der Waals surface area contributed by atoms with E-state index < -0.39 is 23.1 Å². The Morgan fingerprint density at radius 1 is 0.784 bits per heavy atom. The van der Waals surface area contributed by atoms with Crippen LogP contribution in [0.1, 0.15) is 84.6 Å². The second-order valence-corrected chi connectivity index (χ2v) is 12.3. The molecular weight excluding hydrogens is 538 g/mol. The molecule has 200 valence electrons. The van der Waals surface area contributed by atoms with Gasteiger partial charge in [-0.1, -0.05) is 45.5 Å². The summed E-state index contributed by atoms with van der Waals surface area (Å²) < 4.78 is 25.9. The minimum atomic E-state index is -0.974.